The second-order valence-electron chi connectivity index (χ2n) is 0.700. The number of imide groups is 1. The average Bonchev–Trinajstić information content (AvgIpc) is 1.27. The molecule has 0 aliphatic rings. The zero-order valence-corrected chi connectivity index (χ0v) is 11.4. The molecule has 0 aliphatic carbocycles. The molecule has 5 nitrogen and oxygen atoms in total. The van der Waals surface area contributed by atoms with Crippen molar-refractivity contribution in [1.82, 2.24) is 5.32 Å². The van der Waals surface area contributed by atoms with Crippen molar-refractivity contribution in [2.75, 3.05) is 0 Å². The van der Waals surface area contributed by atoms with E-state index in [2.05, 4.69) is 0 Å². The van der Waals surface area contributed by atoms with Crippen LogP contribution in [0.1, 0.15) is 0 Å². The van der Waals surface area contributed by atoms with Crippen molar-refractivity contribution in [3.63, 3.8) is 0 Å². The number of rotatable bonds is 0. The van der Waals surface area contributed by atoms with E-state index < -0.39 is 12.2 Å². The minimum absolute atomic E-state index is 0. The van der Waals surface area contributed by atoms with E-state index in [-0.39, 0.29) is 103 Å². The first-order chi connectivity index (χ1) is 3.13. The maximum Gasteiger partial charge on any atom is 1.00 e. The molecular formula is C2HK2NO4. The number of amides is 2. The van der Waals surface area contributed by atoms with Crippen LogP contribution in [0, 0.1) is 0 Å². The average molecular weight is 181 g/mol. The molecule has 0 bridgehead atoms. The van der Waals surface area contributed by atoms with Crippen LogP contribution in [-0.2, 0) is 0 Å². The Bertz CT molecular complexity index is 92.7. The van der Waals surface area contributed by atoms with E-state index >= 15 is 0 Å². The van der Waals surface area contributed by atoms with Gasteiger partial charge in [0.25, 0.3) is 0 Å². The summed E-state index contributed by atoms with van der Waals surface area (Å²) in [6.45, 7) is 0. The van der Waals surface area contributed by atoms with Gasteiger partial charge in [-0.15, -0.1) is 0 Å². The molecule has 0 atom stereocenters. The first-order valence-corrected chi connectivity index (χ1v) is 1.32. The molecule has 7 heteroatoms. The molecule has 0 rings (SSSR count). The monoisotopic (exact) mass is 181 g/mol. The Hall–Kier alpha value is 2.01. The van der Waals surface area contributed by atoms with Crippen molar-refractivity contribution in [2.45, 2.75) is 0 Å². The van der Waals surface area contributed by atoms with Crippen LogP contribution in [0.5, 0.6) is 0 Å². The van der Waals surface area contributed by atoms with Crippen LogP contribution in [-0.4, -0.2) is 12.2 Å². The van der Waals surface area contributed by atoms with Crippen LogP contribution in [0.3, 0.4) is 0 Å². The predicted octanol–water partition coefficient (Wildman–Crippen LogP) is -8.73. The Morgan fingerprint density at radius 3 is 1.22 bits per heavy atom. The first-order valence-electron chi connectivity index (χ1n) is 1.32. The van der Waals surface area contributed by atoms with E-state index in [0.717, 1.165) is 5.32 Å². The summed E-state index contributed by atoms with van der Waals surface area (Å²) >= 11 is 0. The normalized spacial score (nSPS) is 5.78. The first kappa shape index (κ1) is 17.2. The number of carboxylic acid groups (broad SMARTS) is 2. The van der Waals surface area contributed by atoms with Crippen LogP contribution >= 0.6 is 0 Å². The molecule has 0 aliphatic heterocycles. The van der Waals surface area contributed by atoms with Crippen LogP contribution in [0.4, 0.5) is 9.59 Å². The van der Waals surface area contributed by atoms with Gasteiger partial charge in [0, 0.05) is 0 Å². The molecule has 0 saturated carbocycles. The molecule has 0 radical (unpaired) electrons. The van der Waals surface area contributed by atoms with E-state index in [1.54, 1.807) is 0 Å². The molecule has 0 aromatic rings. The number of hydrogen-bond donors (Lipinski definition) is 1. The SMILES string of the molecule is O=C([O-])NC(=O)[O-].[K+].[K+]. The smallest absolute Gasteiger partial charge is 0.530 e. The fourth-order valence-corrected chi connectivity index (χ4v) is 0.0833. The van der Waals surface area contributed by atoms with E-state index in [4.69, 9.17) is 19.8 Å². The largest absolute Gasteiger partial charge is 1.00 e. The van der Waals surface area contributed by atoms with E-state index in [1.165, 1.54) is 0 Å². The van der Waals surface area contributed by atoms with Crippen molar-refractivity contribution in [1.29, 1.82) is 0 Å². The van der Waals surface area contributed by atoms with Gasteiger partial charge in [0.05, 0.1) is 0 Å². The van der Waals surface area contributed by atoms with Gasteiger partial charge in [-0.1, -0.05) is 0 Å². The summed E-state index contributed by atoms with van der Waals surface area (Å²) in [5, 5.41) is 19.2. The molecule has 2 amide bonds. The van der Waals surface area contributed by atoms with Crippen LogP contribution in [0.25, 0.3) is 0 Å². The number of carbonyl (C=O) groups excluding carboxylic acids is 2. The fourth-order valence-electron chi connectivity index (χ4n) is 0.0833. The minimum atomic E-state index is -1.88. The van der Waals surface area contributed by atoms with Gasteiger partial charge in [0.15, 0.2) is 0 Å². The van der Waals surface area contributed by atoms with Crippen LogP contribution < -0.4 is 118 Å². The Morgan fingerprint density at radius 1 is 1.00 bits per heavy atom. The molecule has 0 fully saturated rings. The summed E-state index contributed by atoms with van der Waals surface area (Å²) in [6, 6.07) is 0. The number of carbonyl (C=O) groups is 2. The fraction of sp³-hybridized carbons (Fsp3) is 0. The van der Waals surface area contributed by atoms with Gasteiger partial charge < -0.3 is 25.1 Å². The molecule has 0 unspecified atom stereocenters. The van der Waals surface area contributed by atoms with Gasteiger partial charge >= 0.3 is 103 Å². The van der Waals surface area contributed by atoms with Crippen LogP contribution in [0.2, 0.25) is 0 Å². The van der Waals surface area contributed by atoms with Crippen molar-refractivity contribution in [3.8, 4) is 0 Å². The van der Waals surface area contributed by atoms with E-state index in [0.29, 0.717) is 0 Å². The number of nitrogens with one attached hydrogen (secondary N) is 1. The molecule has 0 saturated heterocycles. The topological polar surface area (TPSA) is 92.3 Å². The molecule has 0 spiro atoms. The molecule has 9 heavy (non-hydrogen) atoms. The zero-order valence-electron chi connectivity index (χ0n) is 5.13. The molecule has 0 heterocycles. The van der Waals surface area contributed by atoms with Gasteiger partial charge in [0.2, 0.25) is 0 Å². The Labute approximate surface area is 136 Å². The van der Waals surface area contributed by atoms with Crippen LogP contribution in [0.15, 0.2) is 0 Å². The minimum Gasteiger partial charge on any atom is -0.530 e. The maximum absolute atomic E-state index is 9.17. The second kappa shape index (κ2) is 10.0. The quantitative estimate of drug-likeness (QED) is 0.376. The Morgan fingerprint density at radius 2 is 1.22 bits per heavy atom. The molecule has 40 valence electrons. The molecule has 0 aromatic carbocycles. The molecule has 0 aromatic heterocycles. The summed E-state index contributed by atoms with van der Waals surface area (Å²) in [7, 11) is 0. The Balaban J connectivity index is -0.000000180. The third-order valence-electron chi connectivity index (χ3n) is 0.204. The van der Waals surface area contributed by atoms with Gasteiger partial charge in [0.1, 0.15) is 12.2 Å². The van der Waals surface area contributed by atoms with Gasteiger partial charge in [-0.05, 0) is 0 Å². The predicted molar refractivity (Wildman–Crippen MR) is 13.9 cm³/mol. The third-order valence-corrected chi connectivity index (χ3v) is 0.204. The summed E-state index contributed by atoms with van der Waals surface area (Å²) in [5.74, 6) is 0. The standard InChI is InChI=1S/C2H3NO4.2K/c4-1(5)3-2(6)7;;/h3H,(H,4,5)(H,6,7);;/q;2*+1/p-2. The van der Waals surface area contributed by atoms with Crippen molar-refractivity contribution >= 4 is 12.2 Å². The van der Waals surface area contributed by atoms with Crippen molar-refractivity contribution in [3.05, 3.63) is 0 Å². The van der Waals surface area contributed by atoms with E-state index in [1.807, 2.05) is 0 Å². The van der Waals surface area contributed by atoms with Crippen molar-refractivity contribution < 1.29 is 123 Å². The van der Waals surface area contributed by atoms with Gasteiger partial charge in [-0.3, -0.25) is 0 Å². The number of hydrogen-bond acceptors (Lipinski definition) is 4. The van der Waals surface area contributed by atoms with Crippen molar-refractivity contribution in [2.24, 2.45) is 0 Å². The Kier molecular flexibility index (Phi) is 19.1. The third kappa shape index (κ3) is 17.8. The summed E-state index contributed by atoms with van der Waals surface area (Å²) in [5.41, 5.74) is 0. The molecular weight excluding hydrogens is 180 g/mol. The summed E-state index contributed by atoms with van der Waals surface area (Å²) in [4.78, 5) is 18.3. The van der Waals surface area contributed by atoms with E-state index in [9.17, 15) is 0 Å². The molecule has 1 N–H and O–H groups in total. The zero-order chi connectivity index (χ0) is 5.86. The second-order valence-corrected chi connectivity index (χ2v) is 0.700. The van der Waals surface area contributed by atoms with Gasteiger partial charge in [-0.25, -0.2) is 0 Å². The maximum atomic E-state index is 9.17. The van der Waals surface area contributed by atoms with Gasteiger partial charge in [-0.2, -0.15) is 0 Å². The summed E-state index contributed by atoms with van der Waals surface area (Å²) < 4.78 is 0. The summed E-state index contributed by atoms with van der Waals surface area (Å²) in [6.07, 6.45) is -3.75.